The largest absolute Gasteiger partial charge is 0.298 e. The van der Waals surface area contributed by atoms with Gasteiger partial charge >= 0.3 is 0 Å². The molecule has 0 N–H and O–H groups in total. The molecule has 0 spiro atoms. The first-order valence-corrected chi connectivity index (χ1v) is 7.47. The first kappa shape index (κ1) is 11.3. The van der Waals surface area contributed by atoms with E-state index in [0.29, 0.717) is 11.3 Å². The van der Waals surface area contributed by atoms with Gasteiger partial charge in [0.05, 0.1) is 0 Å². The zero-order valence-electron chi connectivity index (χ0n) is 11.2. The van der Waals surface area contributed by atoms with Crippen LogP contribution >= 0.6 is 11.6 Å². The predicted molar refractivity (Wildman–Crippen MR) is 70.6 cm³/mol. The van der Waals surface area contributed by atoms with Crippen molar-refractivity contribution in [3.63, 3.8) is 0 Å². The Morgan fingerprint density at radius 3 is 2.28 bits per heavy atom. The van der Waals surface area contributed by atoms with Gasteiger partial charge in [-0.05, 0) is 54.5 Å². The average Bonchev–Trinajstić information content (AvgIpc) is 2.68. The molecule has 3 aliphatic carbocycles. The van der Waals surface area contributed by atoms with E-state index in [1.165, 1.54) is 19.3 Å². The van der Waals surface area contributed by atoms with Crippen LogP contribution in [0.15, 0.2) is 0 Å². The minimum Gasteiger partial charge on any atom is -0.298 e. The first-order chi connectivity index (χ1) is 8.48. The van der Waals surface area contributed by atoms with E-state index < -0.39 is 0 Å². The third kappa shape index (κ3) is 1.31. The molecule has 4 unspecified atom stereocenters. The lowest BCUT2D eigenvalue weighted by molar-refractivity contribution is 0.420. The molecule has 3 saturated carbocycles. The Hall–Kier alpha value is -0.570. The zero-order chi connectivity index (χ0) is 12.7. The molecule has 0 amide bonds. The Balaban J connectivity index is 1.73. The van der Waals surface area contributed by atoms with Gasteiger partial charge in [-0.1, -0.05) is 20.8 Å². The Kier molecular flexibility index (Phi) is 2.07. The van der Waals surface area contributed by atoms with Crippen LogP contribution in [-0.2, 0) is 5.41 Å². The van der Waals surface area contributed by atoms with Crippen LogP contribution in [-0.4, -0.2) is 14.8 Å². The van der Waals surface area contributed by atoms with Crippen LogP contribution in [0.3, 0.4) is 0 Å². The van der Waals surface area contributed by atoms with E-state index in [1.54, 1.807) is 0 Å². The van der Waals surface area contributed by atoms with Crippen LogP contribution in [0.2, 0.25) is 5.28 Å². The summed E-state index contributed by atoms with van der Waals surface area (Å²) in [6.45, 7) is 6.57. The van der Waals surface area contributed by atoms with E-state index in [-0.39, 0.29) is 5.41 Å². The number of aromatic nitrogens is 3. The third-order valence-corrected chi connectivity index (χ3v) is 5.58. The minimum atomic E-state index is 0.0239. The smallest absolute Gasteiger partial charge is 0.225 e. The molecule has 4 heteroatoms. The lowest BCUT2D eigenvalue weighted by Crippen LogP contribution is -2.20. The molecule has 3 aliphatic rings. The quantitative estimate of drug-likeness (QED) is 0.779. The molecule has 2 bridgehead atoms. The third-order valence-electron chi connectivity index (χ3n) is 5.32. The molecule has 1 aromatic heterocycles. The van der Waals surface area contributed by atoms with Gasteiger partial charge < -0.3 is 0 Å². The molecule has 1 heterocycles. The maximum atomic E-state index is 6.30. The molecular weight excluding hydrogens is 246 g/mol. The van der Waals surface area contributed by atoms with Crippen LogP contribution in [0.4, 0.5) is 0 Å². The monoisotopic (exact) mass is 265 g/mol. The highest BCUT2D eigenvalue weighted by Gasteiger charge is 2.66. The van der Waals surface area contributed by atoms with Crippen LogP contribution in [0, 0.1) is 23.7 Å². The summed E-state index contributed by atoms with van der Waals surface area (Å²) >= 11 is 6.30. The fourth-order valence-electron chi connectivity index (χ4n) is 4.67. The lowest BCUT2D eigenvalue weighted by Gasteiger charge is -2.21. The van der Waals surface area contributed by atoms with Crippen molar-refractivity contribution < 1.29 is 0 Å². The molecule has 0 radical (unpaired) electrons. The van der Waals surface area contributed by atoms with Crippen molar-refractivity contribution in [3.05, 3.63) is 11.1 Å². The van der Waals surface area contributed by atoms with E-state index in [2.05, 4.69) is 35.5 Å². The molecule has 4 rings (SSSR count). The molecule has 4 atom stereocenters. The van der Waals surface area contributed by atoms with Crippen LogP contribution < -0.4 is 0 Å². The SMILES string of the molecule is CC(C)(C)c1nnc(Cl)n1C1C2C3CCC(C3)C21. The van der Waals surface area contributed by atoms with Gasteiger partial charge in [-0.25, -0.2) is 0 Å². The second-order valence-electron chi connectivity index (χ2n) is 7.39. The van der Waals surface area contributed by atoms with Gasteiger partial charge in [0.25, 0.3) is 0 Å². The molecule has 3 fully saturated rings. The highest BCUT2D eigenvalue weighted by Crippen LogP contribution is 2.72. The molecule has 0 saturated heterocycles. The molecule has 0 aromatic carbocycles. The van der Waals surface area contributed by atoms with Gasteiger partial charge in [0.1, 0.15) is 5.82 Å². The lowest BCUT2D eigenvalue weighted by atomic mass is 9.95. The van der Waals surface area contributed by atoms with Crippen molar-refractivity contribution in [2.45, 2.75) is 51.5 Å². The number of hydrogen-bond acceptors (Lipinski definition) is 2. The summed E-state index contributed by atoms with van der Waals surface area (Å²) in [4.78, 5) is 0. The van der Waals surface area contributed by atoms with E-state index >= 15 is 0 Å². The Bertz CT molecular complexity index is 486. The Morgan fingerprint density at radius 2 is 1.72 bits per heavy atom. The summed E-state index contributed by atoms with van der Waals surface area (Å²) in [7, 11) is 0. The molecule has 3 nitrogen and oxygen atoms in total. The van der Waals surface area contributed by atoms with E-state index in [1.807, 2.05) is 0 Å². The zero-order valence-corrected chi connectivity index (χ0v) is 12.0. The van der Waals surface area contributed by atoms with Gasteiger partial charge in [-0.3, -0.25) is 4.57 Å². The average molecular weight is 266 g/mol. The van der Waals surface area contributed by atoms with Gasteiger partial charge in [-0.2, -0.15) is 0 Å². The number of rotatable bonds is 1. The second kappa shape index (κ2) is 3.30. The Morgan fingerprint density at radius 1 is 1.11 bits per heavy atom. The van der Waals surface area contributed by atoms with Gasteiger partial charge in [0.2, 0.25) is 5.28 Å². The fraction of sp³-hybridized carbons (Fsp3) is 0.857. The summed E-state index contributed by atoms with van der Waals surface area (Å²) in [6, 6.07) is 0.605. The van der Waals surface area contributed by atoms with Crippen molar-refractivity contribution in [1.29, 1.82) is 0 Å². The van der Waals surface area contributed by atoms with Crippen LogP contribution in [0.25, 0.3) is 0 Å². The highest BCUT2D eigenvalue weighted by atomic mass is 35.5. The number of nitrogens with zero attached hydrogens (tertiary/aromatic N) is 3. The van der Waals surface area contributed by atoms with Crippen LogP contribution in [0.5, 0.6) is 0 Å². The van der Waals surface area contributed by atoms with Crippen molar-refractivity contribution in [2.75, 3.05) is 0 Å². The molecule has 98 valence electrons. The van der Waals surface area contributed by atoms with Gasteiger partial charge in [0.15, 0.2) is 0 Å². The van der Waals surface area contributed by atoms with Gasteiger partial charge in [0, 0.05) is 11.5 Å². The van der Waals surface area contributed by atoms with Crippen molar-refractivity contribution >= 4 is 11.6 Å². The van der Waals surface area contributed by atoms with Crippen LogP contribution in [0.1, 0.15) is 51.9 Å². The first-order valence-electron chi connectivity index (χ1n) is 7.09. The molecule has 1 aromatic rings. The number of fused-ring (bicyclic) bond motifs is 5. The van der Waals surface area contributed by atoms with Crippen molar-refractivity contribution in [3.8, 4) is 0 Å². The molecular formula is C14H20ClN3. The van der Waals surface area contributed by atoms with E-state index in [4.69, 9.17) is 11.6 Å². The summed E-state index contributed by atoms with van der Waals surface area (Å²) in [5.74, 6) is 4.72. The maximum absolute atomic E-state index is 6.30. The maximum Gasteiger partial charge on any atom is 0.225 e. The minimum absolute atomic E-state index is 0.0239. The molecule has 18 heavy (non-hydrogen) atoms. The number of halogens is 1. The summed E-state index contributed by atoms with van der Waals surface area (Å²) in [5, 5.41) is 9.04. The summed E-state index contributed by atoms with van der Waals surface area (Å²) in [6.07, 6.45) is 4.34. The Labute approximate surface area is 113 Å². The predicted octanol–water partition coefficient (Wildman–Crippen LogP) is 3.45. The van der Waals surface area contributed by atoms with E-state index in [0.717, 1.165) is 29.5 Å². The number of hydrogen-bond donors (Lipinski definition) is 0. The van der Waals surface area contributed by atoms with Gasteiger partial charge in [-0.15, -0.1) is 10.2 Å². The molecule has 0 aliphatic heterocycles. The normalized spacial score (nSPS) is 41.2. The van der Waals surface area contributed by atoms with Crippen molar-refractivity contribution in [2.24, 2.45) is 23.7 Å². The topological polar surface area (TPSA) is 30.7 Å². The van der Waals surface area contributed by atoms with Crippen molar-refractivity contribution in [1.82, 2.24) is 14.8 Å². The second-order valence-corrected chi connectivity index (χ2v) is 7.73. The fourth-order valence-corrected chi connectivity index (χ4v) is 4.90. The highest BCUT2D eigenvalue weighted by molar-refractivity contribution is 6.28. The summed E-state index contributed by atoms with van der Waals surface area (Å²) in [5.41, 5.74) is 0.0239. The standard InChI is InChI=1S/C14H20ClN3/c1-14(2,3)12-16-17-13(15)18(12)11-9-7-4-5-8(6-7)10(9)11/h7-11H,4-6H2,1-3H3. The van der Waals surface area contributed by atoms with E-state index in [9.17, 15) is 0 Å². The summed E-state index contributed by atoms with van der Waals surface area (Å²) < 4.78 is 2.25.